The van der Waals surface area contributed by atoms with Gasteiger partial charge in [0.05, 0.1) is 18.2 Å². The third-order valence-corrected chi connectivity index (χ3v) is 7.58. The van der Waals surface area contributed by atoms with Gasteiger partial charge in [0.25, 0.3) is 11.7 Å². The minimum Gasteiger partial charge on any atom is -0.507 e. The van der Waals surface area contributed by atoms with E-state index in [0.717, 1.165) is 28.0 Å². The average Bonchev–Trinajstić information content (AvgIpc) is 3.18. The third kappa shape index (κ3) is 5.56. The lowest BCUT2D eigenvalue weighted by atomic mass is 9.85. The van der Waals surface area contributed by atoms with Crippen molar-refractivity contribution in [3.63, 3.8) is 0 Å². The zero-order chi connectivity index (χ0) is 29.4. The first-order valence-corrected chi connectivity index (χ1v) is 14.1. The van der Waals surface area contributed by atoms with Gasteiger partial charge in [0.15, 0.2) is 0 Å². The number of ether oxygens (including phenoxy) is 1. The molecular formula is C35H41NO4. The van der Waals surface area contributed by atoms with Crippen LogP contribution >= 0.6 is 0 Å². The largest absolute Gasteiger partial charge is 0.507 e. The highest BCUT2D eigenvalue weighted by Crippen LogP contribution is 2.43. The molecule has 40 heavy (non-hydrogen) atoms. The predicted molar refractivity (Wildman–Crippen MR) is 162 cm³/mol. The SMILES string of the molecule is CCOc1ccc(/C(O)=C2/C(=O)C(=O)N(c3ccc(C(C)C)cc3)C2c2ccc(C(C)(C)C)cc2)cc1C(C)C. The Morgan fingerprint density at radius 2 is 1.52 bits per heavy atom. The van der Waals surface area contributed by atoms with E-state index in [-0.39, 0.29) is 22.7 Å². The van der Waals surface area contributed by atoms with Crippen LogP contribution in [-0.4, -0.2) is 23.4 Å². The van der Waals surface area contributed by atoms with E-state index in [1.54, 1.807) is 6.07 Å². The summed E-state index contributed by atoms with van der Waals surface area (Å²) >= 11 is 0. The summed E-state index contributed by atoms with van der Waals surface area (Å²) in [5.41, 5.74) is 5.10. The number of hydrogen-bond donors (Lipinski definition) is 1. The van der Waals surface area contributed by atoms with Crippen molar-refractivity contribution in [1.29, 1.82) is 0 Å². The number of amides is 1. The number of carbonyl (C=O) groups is 2. The van der Waals surface area contributed by atoms with Crippen molar-refractivity contribution in [2.75, 3.05) is 11.5 Å². The summed E-state index contributed by atoms with van der Waals surface area (Å²) in [6.07, 6.45) is 0. The van der Waals surface area contributed by atoms with Crippen molar-refractivity contribution in [3.05, 3.63) is 100 Å². The minimum atomic E-state index is -0.770. The van der Waals surface area contributed by atoms with Crippen LogP contribution in [0.4, 0.5) is 5.69 Å². The van der Waals surface area contributed by atoms with Gasteiger partial charge in [0.1, 0.15) is 11.5 Å². The van der Waals surface area contributed by atoms with Gasteiger partial charge >= 0.3 is 0 Å². The molecule has 0 aromatic heterocycles. The topological polar surface area (TPSA) is 66.8 Å². The maximum absolute atomic E-state index is 13.6. The summed E-state index contributed by atoms with van der Waals surface area (Å²) in [7, 11) is 0. The van der Waals surface area contributed by atoms with E-state index in [1.807, 2.05) is 67.6 Å². The lowest BCUT2D eigenvalue weighted by Gasteiger charge is -2.27. The Labute approximate surface area is 238 Å². The molecular weight excluding hydrogens is 498 g/mol. The molecule has 0 bridgehead atoms. The first-order chi connectivity index (χ1) is 18.8. The molecule has 1 saturated heterocycles. The Bertz CT molecular complexity index is 1420. The Hall–Kier alpha value is -3.86. The lowest BCUT2D eigenvalue weighted by Crippen LogP contribution is -2.29. The lowest BCUT2D eigenvalue weighted by molar-refractivity contribution is -0.132. The molecule has 5 heteroatoms. The van der Waals surface area contributed by atoms with E-state index >= 15 is 0 Å². The standard InChI is InChI=1S/C35H41NO4/c1-9-40-29-19-14-25(20-28(29)22(4)5)32(37)30-31(24-10-15-26(16-11-24)35(6,7)8)36(34(39)33(30)38)27-17-12-23(13-18-27)21(2)3/h10-22,31,37H,9H2,1-8H3/b32-30-. The van der Waals surface area contributed by atoms with Gasteiger partial charge in [-0.2, -0.15) is 0 Å². The molecule has 0 spiro atoms. The molecule has 1 heterocycles. The second-order valence-electron chi connectivity index (χ2n) is 12.1. The number of anilines is 1. The predicted octanol–water partition coefficient (Wildman–Crippen LogP) is 8.26. The first-order valence-electron chi connectivity index (χ1n) is 14.1. The van der Waals surface area contributed by atoms with Gasteiger partial charge < -0.3 is 9.84 Å². The fraction of sp³-hybridized carbons (Fsp3) is 0.371. The summed E-state index contributed by atoms with van der Waals surface area (Å²) in [5, 5.41) is 11.7. The highest BCUT2D eigenvalue weighted by atomic mass is 16.5. The number of carbonyl (C=O) groups excluding carboxylic acids is 2. The minimum absolute atomic E-state index is 0.0530. The molecule has 1 fully saturated rings. The summed E-state index contributed by atoms with van der Waals surface area (Å²) in [5.74, 6) is -0.324. The summed E-state index contributed by atoms with van der Waals surface area (Å²) in [6.45, 7) is 17.2. The molecule has 0 radical (unpaired) electrons. The number of Topliss-reactive ketones (excluding diaryl/α,β-unsaturated/α-hetero) is 1. The van der Waals surface area contributed by atoms with Crippen molar-refractivity contribution in [1.82, 2.24) is 0 Å². The second kappa shape index (κ2) is 11.3. The van der Waals surface area contributed by atoms with Gasteiger partial charge in [0.2, 0.25) is 0 Å². The van der Waals surface area contributed by atoms with E-state index in [0.29, 0.717) is 23.8 Å². The Balaban J connectivity index is 1.92. The number of nitrogens with zero attached hydrogens (tertiary/aromatic N) is 1. The Kier molecular flexibility index (Phi) is 8.25. The van der Waals surface area contributed by atoms with Gasteiger partial charge in [-0.25, -0.2) is 0 Å². The quantitative estimate of drug-likeness (QED) is 0.186. The molecule has 1 unspecified atom stereocenters. The molecule has 5 nitrogen and oxygen atoms in total. The molecule has 3 aromatic carbocycles. The number of hydrogen-bond acceptors (Lipinski definition) is 4. The van der Waals surface area contributed by atoms with Crippen molar-refractivity contribution in [3.8, 4) is 5.75 Å². The van der Waals surface area contributed by atoms with Gasteiger partial charge in [0, 0.05) is 11.3 Å². The van der Waals surface area contributed by atoms with Gasteiger partial charge in [-0.15, -0.1) is 0 Å². The molecule has 1 aliphatic heterocycles. The highest BCUT2D eigenvalue weighted by molar-refractivity contribution is 6.51. The molecule has 0 saturated carbocycles. The zero-order valence-electron chi connectivity index (χ0n) is 24.9. The van der Waals surface area contributed by atoms with Crippen LogP contribution < -0.4 is 9.64 Å². The van der Waals surface area contributed by atoms with Crippen molar-refractivity contribution >= 4 is 23.1 Å². The van der Waals surface area contributed by atoms with Crippen LogP contribution in [0.15, 0.2) is 72.3 Å². The Morgan fingerprint density at radius 3 is 2.05 bits per heavy atom. The number of ketones is 1. The van der Waals surface area contributed by atoms with Gasteiger partial charge in [-0.3, -0.25) is 14.5 Å². The summed E-state index contributed by atoms with van der Waals surface area (Å²) in [6, 6.07) is 20.4. The van der Waals surface area contributed by atoms with E-state index in [9.17, 15) is 14.7 Å². The molecule has 1 amide bonds. The van der Waals surface area contributed by atoms with Crippen LogP contribution in [0.3, 0.4) is 0 Å². The average molecular weight is 540 g/mol. The second-order valence-corrected chi connectivity index (χ2v) is 12.1. The molecule has 0 aliphatic carbocycles. The van der Waals surface area contributed by atoms with E-state index in [1.165, 1.54) is 4.90 Å². The zero-order valence-corrected chi connectivity index (χ0v) is 24.9. The van der Waals surface area contributed by atoms with Crippen LogP contribution in [0, 0.1) is 0 Å². The van der Waals surface area contributed by atoms with Crippen molar-refractivity contribution in [2.45, 2.75) is 78.7 Å². The maximum atomic E-state index is 13.6. The van der Waals surface area contributed by atoms with E-state index in [2.05, 4.69) is 48.5 Å². The fourth-order valence-electron chi connectivity index (χ4n) is 5.19. The van der Waals surface area contributed by atoms with Crippen LogP contribution in [-0.2, 0) is 15.0 Å². The number of benzene rings is 3. The molecule has 4 rings (SSSR count). The maximum Gasteiger partial charge on any atom is 0.300 e. The Morgan fingerprint density at radius 1 is 0.900 bits per heavy atom. The van der Waals surface area contributed by atoms with Crippen LogP contribution in [0.25, 0.3) is 5.76 Å². The fourth-order valence-corrected chi connectivity index (χ4v) is 5.19. The molecule has 1 aliphatic rings. The van der Waals surface area contributed by atoms with E-state index < -0.39 is 17.7 Å². The smallest absolute Gasteiger partial charge is 0.300 e. The normalized spacial score (nSPS) is 17.2. The van der Waals surface area contributed by atoms with Crippen LogP contribution in [0.2, 0.25) is 0 Å². The highest BCUT2D eigenvalue weighted by Gasteiger charge is 2.47. The van der Waals surface area contributed by atoms with E-state index in [4.69, 9.17) is 4.74 Å². The molecule has 1 atom stereocenters. The molecule has 1 N–H and O–H groups in total. The first kappa shape index (κ1) is 29.1. The van der Waals surface area contributed by atoms with Crippen LogP contribution in [0.1, 0.15) is 101 Å². The number of rotatable bonds is 7. The van der Waals surface area contributed by atoms with Gasteiger partial charge in [-0.1, -0.05) is 84.9 Å². The van der Waals surface area contributed by atoms with Crippen molar-refractivity contribution in [2.24, 2.45) is 0 Å². The van der Waals surface area contributed by atoms with Crippen molar-refractivity contribution < 1.29 is 19.4 Å². The molecule has 3 aromatic rings. The van der Waals surface area contributed by atoms with Gasteiger partial charge in [-0.05, 0) is 76.8 Å². The third-order valence-electron chi connectivity index (χ3n) is 7.58. The monoisotopic (exact) mass is 539 g/mol. The van der Waals surface area contributed by atoms with Crippen LogP contribution in [0.5, 0.6) is 5.75 Å². The summed E-state index contributed by atoms with van der Waals surface area (Å²) < 4.78 is 5.80. The number of aliphatic hydroxyl groups is 1. The molecule has 210 valence electrons. The summed E-state index contributed by atoms with van der Waals surface area (Å²) in [4.78, 5) is 28.8. The number of aliphatic hydroxyl groups excluding tert-OH is 1.